The van der Waals surface area contributed by atoms with E-state index in [4.69, 9.17) is 0 Å². The van der Waals surface area contributed by atoms with Crippen molar-refractivity contribution in [2.75, 3.05) is 0 Å². The van der Waals surface area contributed by atoms with Gasteiger partial charge in [0.25, 0.3) is 0 Å². The Hall–Kier alpha value is -0.541. The predicted molar refractivity (Wildman–Crippen MR) is 26.3 cm³/mol. The Bertz CT molecular complexity index is 169. The molecule has 1 radical (unpaired) electrons. The maximum Gasteiger partial charge on any atom is 2.00 e. The van der Waals surface area contributed by atoms with Gasteiger partial charge in [0.05, 0.1) is 11.9 Å². The summed E-state index contributed by atoms with van der Waals surface area (Å²) in [4.78, 5) is 20.4. The fourth-order valence-corrected chi connectivity index (χ4v) is 1.02. The monoisotopic (exact) mass is 205 g/mol. The minimum atomic E-state index is -1.67. The van der Waals surface area contributed by atoms with Gasteiger partial charge in [-0.25, -0.2) is 0 Å². The summed E-state index contributed by atoms with van der Waals surface area (Å²) in [6, 6.07) is 0. The molecule has 1 rings (SSSR count). The van der Waals surface area contributed by atoms with Crippen molar-refractivity contribution in [3.05, 3.63) is 0 Å². The van der Waals surface area contributed by atoms with E-state index in [1.54, 1.807) is 0 Å². The van der Waals surface area contributed by atoms with E-state index < -0.39 is 17.4 Å². The van der Waals surface area contributed by atoms with Gasteiger partial charge in [-0.3, -0.25) is 0 Å². The molecule has 1 saturated carbocycles. The van der Waals surface area contributed by atoms with Crippen molar-refractivity contribution in [3.8, 4) is 0 Å². The molecule has 0 amide bonds. The van der Waals surface area contributed by atoms with Crippen molar-refractivity contribution >= 4 is 11.9 Å². The molecule has 0 aromatic carbocycles. The Morgan fingerprint density at radius 1 is 1.09 bits per heavy atom. The SMILES string of the molecule is O=C([O-])C1(C(=O)[O-])CCC1.[Cu+2]. The van der Waals surface area contributed by atoms with E-state index in [0.717, 1.165) is 0 Å². The zero-order valence-electron chi connectivity index (χ0n) is 5.56. The van der Waals surface area contributed by atoms with Crippen molar-refractivity contribution < 1.29 is 36.9 Å². The van der Waals surface area contributed by atoms with Gasteiger partial charge < -0.3 is 19.8 Å². The normalized spacial score (nSPS) is 19.3. The summed E-state index contributed by atoms with van der Waals surface area (Å²) in [7, 11) is 0. The van der Waals surface area contributed by atoms with Crippen LogP contribution in [0.25, 0.3) is 0 Å². The van der Waals surface area contributed by atoms with Crippen LogP contribution in [0, 0.1) is 5.41 Å². The third-order valence-electron chi connectivity index (χ3n) is 1.99. The van der Waals surface area contributed by atoms with Crippen molar-refractivity contribution in [2.24, 2.45) is 5.41 Å². The maximum atomic E-state index is 10.2. The average molecular weight is 206 g/mol. The van der Waals surface area contributed by atoms with E-state index in [1.807, 2.05) is 0 Å². The van der Waals surface area contributed by atoms with Gasteiger partial charge in [0.15, 0.2) is 0 Å². The molecule has 1 fully saturated rings. The van der Waals surface area contributed by atoms with E-state index in [9.17, 15) is 19.8 Å². The minimum absolute atomic E-state index is 0. The van der Waals surface area contributed by atoms with Gasteiger partial charge in [0, 0.05) is 5.41 Å². The molecule has 0 spiro atoms. The first-order valence-corrected chi connectivity index (χ1v) is 3.02. The average Bonchev–Trinajstić information content (AvgIpc) is 1.57. The Labute approximate surface area is 74.1 Å². The molecule has 0 atom stereocenters. The van der Waals surface area contributed by atoms with Crippen molar-refractivity contribution in [3.63, 3.8) is 0 Å². The molecule has 0 aromatic rings. The van der Waals surface area contributed by atoms with Gasteiger partial charge in [-0.05, 0) is 12.8 Å². The Morgan fingerprint density at radius 3 is 1.45 bits per heavy atom. The van der Waals surface area contributed by atoms with Crippen LogP contribution >= 0.6 is 0 Å². The summed E-state index contributed by atoms with van der Waals surface area (Å²) < 4.78 is 0. The molecule has 0 saturated heterocycles. The van der Waals surface area contributed by atoms with E-state index in [2.05, 4.69) is 0 Å². The minimum Gasteiger partial charge on any atom is -0.549 e. The summed E-state index contributed by atoms with van der Waals surface area (Å²) in [6.45, 7) is 0. The summed E-state index contributed by atoms with van der Waals surface area (Å²) in [5.41, 5.74) is -1.67. The van der Waals surface area contributed by atoms with Crippen LogP contribution < -0.4 is 10.2 Å². The fraction of sp³-hybridized carbons (Fsp3) is 0.667. The quantitative estimate of drug-likeness (QED) is 0.374. The molecule has 0 aliphatic heterocycles. The molecule has 65 valence electrons. The van der Waals surface area contributed by atoms with Crippen molar-refractivity contribution in [2.45, 2.75) is 19.3 Å². The zero-order valence-corrected chi connectivity index (χ0v) is 6.50. The molecular weight excluding hydrogens is 200 g/mol. The molecule has 5 heteroatoms. The largest absolute Gasteiger partial charge is 2.00 e. The molecule has 0 aromatic heterocycles. The number of carbonyl (C=O) groups excluding carboxylic acids is 2. The van der Waals surface area contributed by atoms with Gasteiger partial charge in [-0.15, -0.1) is 0 Å². The van der Waals surface area contributed by atoms with E-state index in [1.165, 1.54) is 0 Å². The number of carboxylic acid groups (broad SMARTS) is 2. The van der Waals surface area contributed by atoms with Crippen LogP contribution in [-0.4, -0.2) is 11.9 Å². The first-order chi connectivity index (χ1) is 4.59. The molecule has 0 bridgehead atoms. The third kappa shape index (κ3) is 1.39. The van der Waals surface area contributed by atoms with Gasteiger partial charge >= 0.3 is 17.1 Å². The fourth-order valence-electron chi connectivity index (χ4n) is 1.02. The summed E-state index contributed by atoms with van der Waals surface area (Å²) in [5.74, 6) is -3.03. The van der Waals surface area contributed by atoms with Gasteiger partial charge in [-0.2, -0.15) is 0 Å². The smallest absolute Gasteiger partial charge is 0.549 e. The number of aliphatic carboxylic acids is 2. The van der Waals surface area contributed by atoms with Crippen LogP contribution in [0.15, 0.2) is 0 Å². The summed E-state index contributed by atoms with van der Waals surface area (Å²) in [5, 5.41) is 20.4. The number of rotatable bonds is 2. The summed E-state index contributed by atoms with van der Waals surface area (Å²) in [6.07, 6.45) is 0.928. The number of carbonyl (C=O) groups is 2. The number of hydrogen-bond donors (Lipinski definition) is 0. The standard InChI is InChI=1S/C6H8O4.Cu/c7-4(8)6(5(9)10)2-1-3-6;/h1-3H2,(H,7,8)(H,9,10);/q;+2/p-2. The molecule has 1 aliphatic rings. The number of hydrogen-bond acceptors (Lipinski definition) is 4. The van der Waals surface area contributed by atoms with Crippen LogP contribution in [0.5, 0.6) is 0 Å². The predicted octanol–water partition coefficient (Wildman–Crippen LogP) is -2.35. The molecule has 4 nitrogen and oxygen atoms in total. The molecule has 1 aliphatic carbocycles. The first kappa shape index (κ1) is 10.5. The molecule has 0 unspecified atom stereocenters. The second-order valence-electron chi connectivity index (χ2n) is 2.51. The molecule has 0 N–H and O–H groups in total. The van der Waals surface area contributed by atoms with E-state index in [-0.39, 0.29) is 29.9 Å². The Morgan fingerprint density at radius 2 is 1.45 bits per heavy atom. The maximum absolute atomic E-state index is 10.2. The topological polar surface area (TPSA) is 80.3 Å². The second kappa shape index (κ2) is 3.24. The number of carboxylic acids is 2. The van der Waals surface area contributed by atoms with Crippen LogP contribution in [0.3, 0.4) is 0 Å². The molecular formula is C6H6CuO4. The van der Waals surface area contributed by atoms with Crippen LogP contribution in [0.4, 0.5) is 0 Å². The van der Waals surface area contributed by atoms with Gasteiger partial charge in [0.2, 0.25) is 0 Å². The third-order valence-corrected chi connectivity index (χ3v) is 1.99. The summed E-state index contributed by atoms with van der Waals surface area (Å²) >= 11 is 0. The first-order valence-electron chi connectivity index (χ1n) is 3.02. The molecule has 0 heterocycles. The van der Waals surface area contributed by atoms with E-state index >= 15 is 0 Å². The van der Waals surface area contributed by atoms with Crippen LogP contribution in [0.2, 0.25) is 0 Å². The van der Waals surface area contributed by atoms with Crippen LogP contribution in [0.1, 0.15) is 19.3 Å². The Kier molecular flexibility index (Phi) is 3.08. The van der Waals surface area contributed by atoms with E-state index in [0.29, 0.717) is 6.42 Å². The Balaban J connectivity index is 0.000001000. The van der Waals surface area contributed by atoms with Gasteiger partial charge in [-0.1, -0.05) is 6.42 Å². The molecule has 11 heavy (non-hydrogen) atoms. The van der Waals surface area contributed by atoms with Crippen molar-refractivity contribution in [1.82, 2.24) is 0 Å². The van der Waals surface area contributed by atoms with Gasteiger partial charge in [0.1, 0.15) is 0 Å². The van der Waals surface area contributed by atoms with Crippen LogP contribution in [-0.2, 0) is 26.7 Å². The second-order valence-corrected chi connectivity index (χ2v) is 2.51. The zero-order chi connectivity index (χ0) is 7.78. The van der Waals surface area contributed by atoms with Crippen molar-refractivity contribution in [1.29, 1.82) is 0 Å².